The number of nitrogens with one attached hydrogen (secondary N) is 1. The van der Waals surface area contributed by atoms with Crippen molar-refractivity contribution in [1.82, 2.24) is 5.32 Å². The molecule has 1 fully saturated rings. The molecule has 1 aromatic carbocycles. The van der Waals surface area contributed by atoms with Crippen LogP contribution in [0.2, 0.25) is 0 Å². The number of hydrogen-bond donors (Lipinski definition) is 1. The van der Waals surface area contributed by atoms with Gasteiger partial charge in [-0.1, -0.05) is 0 Å². The van der Waals surface area contributed by atoms with Crippen molar-refractivity contribution in [1.29, 1.82) is 0 Å². The van der Waals surface area contributed by atoms with Gasteiger partial charge in [-0.05, 0) is 18.2 Å². The molecular formula is C15H22Cl2FN3O2. The number of ether oxygens (including phenoxy) is 1. The number of rotatable bonds is 2. The van der Waals surface area contributed by atoms with Crippen LogP contribution >= 0.6 is 24.8 Å². The average molecular weight is 366 g/mol. The number of halogens is 3. The van der Waals surface area contributed by atoms with Crippen LogP contribution in [0.5, 0.6) is 0 Å². The van der Waals surface area contributed by atoms with Crippen LogP contribution < -0.4 is 15.1 Å². The molecule has 0 bridgehead atoms. The predicted octanol–water partition coefficient (Wildman–Crippen LogP) is 1.83. The number of hydrogen-bond acceptors (Lipinski definition) is 4. The van der Waals surface area contributed by atoms with Gasteiger partial charge in [0.2, 0.25) is 5.91 Å². The van der Waals surface area contributed by atoms with Gasteiger partial charge in [-0.3, -0.25) is 4.79 Å². The monoisotopic (exact) mass is 365 g/mol. The normalized spacial score (nSPS) is 20.2. The summed E-state index contributed by atoms with van der Waals surface area (Å²) in [4.78, 5) is 16.3. The highest BCUT2D eigenvalue weighted by Crippen LogP contribution is 2.33. The number of likely N-dealkylation sites (N-methyl/N-ethyl adjacent to an activating group) is 1. The van der Waals surface area contributed by atoms with Gasteiger partial charge in [-0.2, -0.15) is 0 Å². The molecule has 0 radical (unpaired) electrons. The first-order chi connectivity index (χ1) is 10.1. The summed E-state index contributed by atoms with van der Waals surface area (Å²) in [6.45, 7) is 3.37. The first-order valence-electron chi connectivity index (χ1n) is 7.27. The zero-order valence-electron chi connectivity index (χ0n) is 13.0. The molecule has 5 nitrogen and oxygen atoms in total. The quantitative estimate of drug-likeness (QED) is 0.868. The molecule has 0 spiro atoms. The molecule has 1 atom stereocenters. The summed E-state index contributed by atoms with van der Waals surface area (Å²) in [5.74, 6) is -0.226. The minimum absolute atomic E-state index is 0. The SMILES string of the molecule is CN1CCN(C(=O)CC2COCCN2)c2ccc(F)cc21.Cl.Cl. The third kappa shape index (κ3) is 4.47. The van der Waals surface area contributed by atoms with E-state index in [1.165, 1.54) is 12.1 Å². The summed E-state index contributed by atoms with van der Waals surface area (Å²) in [6.07, 6.45) is 0.403. The third-order valence-electron chi connectivity index (χ3n) is 4.02. The molecular weight excluding hydrogens is 344 g/mol. The van der Waals surface area contributed by atoms with Crippen molar-refractivity contribution >= 4 is 42.1 Å². The molecule has 1 unspecified atom stereocenters. The van der Waals surface area contributed by atoms with Gasteiger partial charge in [-0.25, -0.2) is 4.39 Å². The van der Waals surface area contributed by atoms with Crippen LogP contribution in [0.1, 0.15) is 6.42 Å². The largest absolute Gasteiger partial charge is 0.378 e. The Labute approximate surface area is 148 Å². The topological polar surface area (TPSA) is 44.8 Å². The Kier molecular flexibility index (Phi) is 7.54. The van der Waals surface area contributed by atoms with Crippen molar-refractivity contribution in [3.05, 3.63) is 24.0 Å². The molecule has 1 N–H and O–H groups in total. The second kappa shape index (κ2) is 8.68. The fourth-order valence-corrected chi connectivity index (χ4v) is 2.85. The van der Waals surface area contributed by atoms with Gasteiger partial charge in [0.05, 0.1) is 24.6 Å². The lowest BCUT2D eigenvalue weighted by atomic mass is 10.1. The van der Waals surface area contributed by atoms with Gasteiger partial charge < -0.3 is 19.9 Å². The zero-order valence-corrected chi connectivity index (χ0v) is 14.6. The Morgan fingerprint density at radius 1 is 1.35 bits per heavy atom. The van der Waals surface area contributed by atoms with Crippen molar-refractivity contribution in [3.8, 4) is 0 Å². The Hall–Kier alpha value is -1.08. The van der Waals surface area contributed by atoms with Crippen molar-refractivity contribution in [2.24, 2.45) is 0 Å². The molecule has 2 aliphatic heterocycles. The molecule has 23 heavy (non-hydrogen) atoms. The van der Waals surface area contributed by atoms with Crippen LogP contribution in [-0.4, -0.2) is 51.8 Å². The van der Waals surface area contributed by atoms with Crippen LogP contribution in [0.25, 0.3) is 0 Å². The number of benzene rings is 1. The van der Waals surface area contributed by atoms with Crippen LogP contribution in [0.3, 0.4) is 0 Å². The van der Waals surface area contributed by atoms with E-state index >= 15 is 0 Å². The summed E-state index contributed by atoms with van der Waals surface area (Å²) in [5.41, 5.74) is 1.55. The lowest BCUT2D eigenvalue weighted by molar-refractivity contribution is -0.119. The van der Waals surface area contributed by atoms with Crippen LogP contribution in [0, 0.1) is 5.82 Å². The smallest absolute Gasteiger partial charge is 0.228 e. The van der Waals surface area contributed by atoms with Crippen LogP contribution in [-0.2, 0) is 9.53 Å². The van der Waals surface area contributed by atoms with Gasteiger partial charge >= 0.3 is 0 Å². The molecule has 2 heterocycles. The second-order valence-corrected chi connectivity index (χ2v) is 5.53. The Morgan fingerprint density at radius 3 is 2.83 bits per heavy atom. The van der Waals surface area contributed by atoms with E-state index in [4.69, 9.17) is 4.74 Å². The predicted molar refractivity (Wildman–Crippen MR) is 93.7 cm³/mol. The van der Waals surface area contributed by atoms with E-state index in [1.54, 1.807) is 11.0 Å². The molecule has 0 aromatic heterocycles. The van der Waals surface area contributed by atoms with Crippen molar-refractivity contribution < 1.29 is 13.9 Å². The van der Waals surface area contributed by atoms with E-state index < -0.39 is 0 Å². The number of carbonyl (C=O) groups is 1. The average Bonchev–Trinajstić information content (AvgIpc) is 2.49. The summed E-state index contributed by atoms with van der Waals surface area (Å²) in [7, 11) is 1.91. The number of nitrogens with zero attached hydrogens (tertiary/aromatic N) is 2. The summed E-state index contributed by atoms with van der Waals surface area (Å²) in [5, 5.41) is 3.29. The molecule has 1 aromatic rings. The molecule has 0 saturated carbocycles. The van der Waals surface area contributed by atoms with Crippen LogP contribution in [0.15, 0.2) is 18.2 Å². The summed E-state index contributed by atoms with van der Waals surface area (Å²) in [6, 6.07) is 4.63. The Bertz CT molecular complexity index is 541. The van der Waals surface area contributed by atoms with Gasteiger partial charge in [0.25, 0.3) is 0 Å². The first kappa shape index (κ1) is 20.0. The third-order valence-corrected chi connectivity index (χ3v) is 4.02. The van der Waals surface area contributed by atoms with Crippen molar-refractivity contribution in [2.75, 3.05) is 49.7 Å². The van der Waals surface area contributed by atoms with Crippen molar-refractivity contribution in [3.63, 3.8) is 0 Å². The Morgan fingerprint density at radius 2 is 2.13 bits per heavy atom. The van der Waals surface area contributed by atoms with E-state index in [0.717, 1.165) is 17.9 Å². The number of carbonyl (C=O) groups excluding carboxylic acids is 1. The maximum absolute atomic E-state index is 13.4. The zero-order chi connectivity index (χ0) is 14.8. The van der Waals surface area contributed by atoms with E-state index in [0.29, 0.717) is 32.7 Å². The van der Waals surface area contributed by atoms with Gasteiger partial charge in [-0.15, -0.1) is 24.8 Å². The highest BCUT2D eigenvalue weighted by Gasteiger charge is 2.27. The van der Waals surface area contributed by atoms with Crippen LogP contribution in [0.4, 0.5) is 15.8 Å². The number of morpholine rings is 1. The van der Waals surface area contributed by atoms with E-state index in [-0.39, 0.29) is 42.6 Å². The fraction of sp³-hybridized carbons (Fsp3) is 0.533. The lowest BCUT2D eigenvalue weighted by Crippen LogP contribution is -2.48. The molecule has 2 aliphatic rings. The maximum Gasteiger partial charge on any atom is 0.228 e. The minimum atomic E-state index is -0.280. The Balaban J connectivity index is 0.00000132. The molecule has 1 amide bonds. The number of fused-ring (bicyclic) bond motifs is 1. The highest BCUT2D eigenvalue weighted by atomic mass is 35.5. The minimum Gasteiger partial charge on any atom is -0.378 e. The molecule has 1 saturated heterocycles. The molecule has 8 heteroatoms. The summed E-state index contributed by atoms with van der Waals surface area (Å²) >= 11 is 0. The molecule has 3 rings (SSSR count). The number of amides is 1. The lowest BCUT2D eigenvalue weighted by Gasteiger charge is -2.36. The first-order valence-corrected chi connectivity index (χ1v) is 7.27. The van der Waals surface area contributed by atoms with Gasteiger partial charge in [0.15, 0.2) is 0 Å². The second-order valence-electron chi connectivity index (χ2n) is 5.53. The van der Waals surface area contributed by atoms with Gasteiger partial charge in [0, 0.05) is 39.1 Å². The molecule has 0 aliphatic carbocycles. The van der Waals surface area contributed by atoms with E-state index in [2.05, 4.69) is 5.32 Å². The highest BCUT2D eigenvalue weighted by molar-refractivity contribution is 5.98. The summed E-state index contributed by atoms with van der Waals surface area (Å²) < 4.78 is 18.8. The standard InChI is InChI=1S/C15H20FN3O2.2ClH/c1-18-5-6-19(13-3-2-11(16)8-14(13)18)15(20)9-12-10-21-7-4-17-12;;/h2-3,8,12,17H,4-7,9-10H2,1H3;2*1H. The number of anilines is 2. The van der Waals surface area contributed by atoms with Gasteiger partial charge in [0.1, 0.15) is 5.82 Å². The van der Waals surface area contributed by atoms with Crippen molar-refractivity contribution in [2.45, 2.75) is 12.5 Å². The maximum atomic E-state index is 13.4. The van der Waals surface area contributed by atoms with E-state index in [9.17, 15) is 9.18 Å². The molecule has 130 valence electrons. The van der Waals surface area contributed by atoms with E-state index in [1.807, 2.05) is 11.9 Å². The fourth-order valence-electron chi connectivity index (χ4n) is 2.85.